The second-order valence-electron chi connectivity index (χ2n) is 6.42. The Balaban J connectivity index is 1.62. The Kier molecular flexibility index (Phi) is 5.61. The molecule has 1 aromatic carbocycles. The second kappa shape index (κ2) is 8.08. The van der Waals surface area contributed by atoms with Crippen LogP contribution in [0.4, 0.5) is 5.82 Å². The fourth-order valence-electron chi connectivity index (χ4n) is 2.84. The average molecular weight is 351 g/mol. The fraction of sp³-hybridized carbons (Fsp3) is 0.350. The van der Waals surface area contributed by atoms with Crippen LogP contribution >= 0.6 is 0 Å². The van der Waals surface area contributed by atoms with Gasteiger partial charge in [0, 0.05) is 12.0 Å². The minimum Gasteiger partial charge on any atom is -0.348 e. The van der Waals surface area contributed by atoms with Gasteiger partial charge < -0.3 is 10.6 Å². The number of nitrogens with zero attached hydrogens (tertiary/aromatic N) is 2. The molecule has 1 atom stereocenters. The van der Waals surface area contributed by atoms with Gasteiger partial charge in [-0.15, -0.1) is 0 Å². The Labute approximate surface area is 153 Å². The molecule has 26 heavy (non-hydrogen) atoms. The molecule has 2 aromatic rings. The Morgan fingerprint density at radius 3 is 2.69 bits per heavy atom. The number of carbonyl (C=O) groups excluding carboxylic acids is 2. The van der Waals surface area contributed by atoms with Crippen molar-refractivity contribution in [2.24, 2.45) is 0 Å². The topological polar surface area (TPSA) is 84.0 Å². The Morgan fingerprint density at radius 1 is 1.19 bits per heavy atom. The van der Waals surface area contributed by atoms with Crippen LogP contribution in [0.1, 0.15) is 58.8 Å². The van der Waals surface area contributed by atoms with Crippen LogP contribution in [0, 0.1) is 6.42 Å². The molecule has 135 valence electrons. The molecule has 1 radical (unpaired) electrons. The van der Waals surface area contributed by atoms with Crippen molar-refractivity contribution in [1.29, 1.82) is 0 Å². The Bertz CT molecular complexity index is 802. The van der Waals surface area contributed by atoms with E-state index in [0.29, 0.717) is 24.4 Å². The van der Waals surface area contributed by atoms with Crippen molar-refractivity contribution in [2.45, 2.75) is 45.7 Å². The van der Waals surface area contributed by atoms with Gasteiger partial charge in [0.15, 0.2) is 17.3 Å². The highest BCUT2D eigenvalue weighted by molar-refractivity contribution is 5.98. The molecule has 0 fully saturated rings. The van der Waals surface area contributed by atoms with Gasteiger partial charge in [-0.05, 0) is 31.7 Å². The zero-order chi connectivity index (χ0) is 18.5. The highest BCUT2D eigenvalue weighted by Gasteiger charge is 2.23. The molecule has 0 saturated carbocycles. The van der Waals surface area contributed by atoms with Crippen molar-refractivity contribution >= 4 is 17.5 Å². The van der Waals surface area contributed by atoms with E-state index in [4.69, 9.17) is 0 Å². The zero-order valence-corrected chi connectivity index (χ0v) is 15.1. The van der Waals surface area contributed by atoms with Gasteiger partial charge in [-0.3, -0.25) is 9.59 Å². The van der Waals surface area contributed by atoms with Crippen molar-refractivity contribution in [1.82, 2.24) is 15.3 Å². The fourth-order valence-corrected chi connectivity index (χ4v) is 2.84. The maximum atomic E-state index is 12.0. The first-order chi connectivity index (χ1) is 12.6. The summed E-state index contributed by atoms with van der Waals surface area (Å²) in [4.78, 5) is 32.7. The molecule has 1 aliphatic heterocycles. The van der Waals surface area contributed by atoms with Gasteiger partial charge in [0.2, 0.25) is 0 Å². The highest BCUT2D eigenvalue weighted by atomic mass is 16.2. The van der Waals surface area contributed by atoms with Crippen molar-refractivity contribution in [2.75, 3.05) is 5.32 Å². The van der Waals surface area contributed by atoms with Gasteiger partial charge >= 0.3 is 0 Å². The summed E-state index contributed by atoms with van der Waals surface area (Å²) in [6.07, 6.45) is 6.38. The van der Waals surface area contributed by atoms with Crippen LogP contribution in [0.2, 0.25) is 0 Å². The lowest BCUT2D eigenvalue weighted by molar-refractivity contribution is 0.0931. The lowest BCUT2D eigenvalue weighted by Gasteiger charge is -2.23. The summed E-state index contributed by atoms with van der Waals surface area (Å²) >= 11 is 0. The first-order valence-corrected chi connectivity index (χ1v) is 8.94. The predicted octanol–water partition coefficient (Wildman–Crippen LogP) is 2.95. The molecule has 0 aliphatic carbocycles. The maximum absolute atomic E-state index is 12.0. The summed E-state index contributed by atoms with van der Waals surface area (Å²) in [5.41, 5.74) is 2.97. The number of Topliss-reactive ketones (excluding diaryl/α,β-unsaturated/α-hetero) is 1. The molecule has 0 bridgehead atoms. The molecule has 6 nitrogen and oxygen atoms in total. The van der Waals surface area contributed by atoms with Crippen LogP contribution in [0.3, 0.4) is 0 Å². The minimum atomic E-state index is -0.202. The van der Waals surface area contributed by atoms with Crippen LogP contribution < -0.4 is 10.6 Å². The van der Waals surface area contributed by atoms with Crippen LogP contribution in [0.15, 0.2) is 30.5 Å². The molecular weight excluding hydrogens is 328 g/mol. The van der Waals surface area contributed by atoms with Gasteiger partial charge in [-0.25, -0.2) is 9.97 Å². The summed E-state index contributed by atoms with van der Waals surface area (Å²) in [7, 11) is 0. The molecule has 1 aliphatic rings. The summed E-state index contributed by atoms with van der Waals surface area (Å²) < 4.78 is 0. The molecule has 6 heteroatoms. The monoisotopic (exact) mass is 351 g/mol. The normalized spacial score (nSPS) is 15.8. The van der Waals surface area contributed by atoms with Crippen LogP contribution in [0.25, 0.3) is 0 Å². The smallest absolute Gasteiger partial charge is 0.275 e. The molecule has 1 aromatic heterocycles. The number of ketones is 1. The molecular formula is C20H23N4O2. The molecule has 1 unspecified atom stereocenters. The van der Waals surface area contributed by atoms with Gasteiger partial charge in [0.1, 0.15) is 0 Å². The van der Waals surface area contributed by atoms with E-state index in [2.05, 4.69) is 20.6 Å². The van der Waals surface area contributed by atoms with E-state index in [9.17, 15) is 9.59 Å². The number of nitrogens with one attached hydrogen (secondary N) is 2. The molecule has 2 N–H and O–H groups in total. The van der Waals surface area contributed by atoms with Gasteiger partial charge in [-0.2, -0.15) is 0 Å². The van der Waals surface area contributed by atoms with Gasteiger partial charge in [-0.1, -0.05) is 37.6 Å². The van der Waals surface area contributed by atoms with Crippen LogP contribution in [-0.4, -0.2) is 27.8 Å². The average Bonchev–Trinajstić information content (AvgIpc) is 2.65. The SMILES string of the molecule is CC[CH]CC(=O)c1ccc(CCc2cnc3c(n2)C(=O)NC(C)N3)cc1. The van der Waals surface area contributed by atoms with Crippen LogP contribution in [-0.2, 0) is 12.8 Å². The van der Waals surface area contributed by atoms with Gasteiger partial charge in [0.05, 0.1) is 18.1 Å². The van der Waals surface area contributed by atoms with E-state index < -0.39 is 0 Å². The van der Waals surface area contributed by atoms with Crippen molar-refractivity contribution in [3.8, 4) is 0 Å². The van der Waals surface area contributed by atoms with E-state index in [1.807, 2.05) is 44.5 Å². The molecule has 2 heterocycles. The summed E-state index contributed by atoms with van der Waals surface area (Å²) in [5, 5.41) is 5.86. The maximum Gasteiger partial charge on any atom is 0.275 e. The van der Waals surface area contributed by atoms with E-state index >= 15 is 0 Å². The minimum absolute atomic E-state index is 0.145. The molecule has 0 spiro atoms. The van der Waals surface area contributed by atoms with E-state index in [0.717, 1.165) is 29.7 Å². The molecule has 0 saturated heterocycles. The number of unbranched alkanes of at least 4 members (excludes halogenated alkanes) is 1. The van der Waals surface area contributed by atoms with Gasteiger partial charge in [0.25, 0.3) is 5.91 Å². The number of hydrogen-bond acceptors (Lipinski definition) is 5. The lowest BCUT2D eigenvalue weighted by atomic mass is 10.0. The summed E-state index contributed by atoms with van der Waals surface area (Å²) in [6.45, 7) is 3.88. The first-order valence-electron chi connectivity index (χ1n) is 8.94. The number of anilines is 1. The standard InChI is InChI=1S/C20H23N4O2/c1-3-4-5-17(25)15-9-6-14(7-10-15)8-11-16-12-21-19-18(24-16)20(26)23-13(2)22-19/h4,6-7,9-10,12-13H,3,5,8,11H2,1-2H3,(H,21,22)(H,23,26). The molecule has 1 amide bonds. The number of aromatic nitrogens is 2. The molecule has 3 rings (SSSR count). The van der Waals surface area contributed by atoms with Crippen molar-refractivity contribution in [3.63, 3.8) is 0 Å². The highest BCUT2D eigenvalue weighted by Crippen LogP contribution is 2.16. The number of carbonyl (C=O) groups is 2. The number of amides is 1. The summed E-state index contributed by atoms with van der Waals surface area (Å²) in [5.74, 6) is 0.468. The second-order valence-corrected chi connectivity index (χ2v) is 6.42. The number of benzene rings is 1. The quantitative estimate of drug-likeness (QED) is 0.749. The van der Waals surface area contributed by atoms with E-state index in [1.165, 1.54) is 0 Å². The Hall–Kier alpha value is -2.76. The third kappa shape index (κ3) is 4.25. The van der Waals surface area contributed by atoms with Crippen molar-refractivity contribution < 1.29 is 9.59 Å². The van der Waals surface area contributed by atoms with Crippen LogP contribution in [0.5, 0.6) is 0 Å². The third-order valence-corrected chi connectivity index (χ3v) is 4.30. The van der Waals surface area contributed by atoms with E-state index in [1.54, 1.807) is 6.20 Å². The largest absolute Gasteiger partial charge is 0.348 e. The number of hydrogen-bond donors (Lipinski definition) is 2. The van der Waals surface area contributed by atoms with E-state index in [-0.39, 0.29) is 17.9 Å². The number of fused-ring (bicyclic) bond motifs is 1. The summed E-state index contributed by atoms with van der Waals surface area (Å²) in [6, 6.07) is 7.69. The zero-order valence-electron chi connectivity index (χ0n) is 15.1. The Morgan fingerprint density at radius 2 is 1.96 bits per heavy atom. The lowest BCUT2D eigenvalue weighted by Crippen LogP contribution is -2.44. The third-order valence-electron chi connectivity index (χ3n) is 4.30. The number of rotatable bonds is 7. The first kappa shape index (κ1) is 18.0. The predicted molar refractivity (Wildman–Crippen MR) is 100.0 cm³/mol. The van der Waals surface area contributed by atoms with Crippen molar-refractivity contribution in [3.05, 3.63) is 59.4 Å². The number of aryl methyl sites for hydroxylation is 2.